The van der Waals surface area contributed by atoms with E-state index in [4.69, 9.17) is 11.5 Å². The lowest BCUT2D eigenvalue weighted by Crippen LogP contribution is -2.26. The minimum absolute atomic E-state index is 0.613. The highest BCUT2D eigenvalue weighted by atomic mass is 16.4. The summed E-state index contributed by atoms with van der Waals surface area (Å²) in [7, 11) is 0. The molecule has 0 unspecified atom stereocenters. The van der Waals surface area contributed by atoms with Crippen LogP contribution in [0.3, 0.4) is 0 Å². The number of hydrogen-bond acceptors (Lipinski definition) is 2. The molecular weight excluding hydrogens is 250 g/mol. The van der Waals surface area contributed by atoms with Crippen LogP contribution >= 0.6 is 0 Å². The van der Waals surface area contributed by atoms with Gasteiger partial charge >= 0.3 is 5.97 Å². The average Bonchev–Trinajstić information content (AvgIpc) is 3.20. The number of hydrogen-bond donors (Lipinski definition) is 1. The number of terminal acetylenes is 1. The summed E-state index contributed by atoms with van der Waals surface area (Å²) < 4.78 is 0. The van der Waals surface area contributed by atoms with Gasteiger partial charge in [-0.05, 0) is 55.0 Å². The van der Waals surface area contributed by atoms with E-state index < -0.39 is 5.97 Å². The molecule has 0 aliphatic heterocycles. The van der Waals surface area contributed by atoms with Crippen molar-refractivity contribution >= 4 is 17.7 Å². The molecule has 1 saturated carbocycles. The lowest BCUT2D eigenvalue weighted by molar-refractivity contribution is -0.131. The fourth-order valence-corrected chi connectivity index (χ4v) is 2.28. The third kappa shape index (κ3) is 3.89. The van der Waals surface area contributed by atoms with Crippen molar-refractivity contribution in [3.8, 4) is 12.3 Å². The zero-order valence-corrected chi connectivity index (χ0v) is 11.7. The third-order valence-electron chi connectivity index (χ3n) is 3.44. The molecule has 1 aromatic carbocycles. The van der Waals surface area contributed by atoms with Gasteiger partial charge in [-0.1, -0.05) is 12.0 Å². The highest BCUT2D eigenvalue weighted by molar-refractivity contribution is 5.85. The number of nitrogens with zero attached hydrogens (tertiary/aromatic N) is 1. The number of aryl methyl sites for hydroxylation is 1. The van der Waals surface area contributed by atoms with Gasteiger partial charge in [0.1, 0.15) is 0 Å². The van der Waals surface area contributed by atoms with E-state index in [1.54, 1.807) is 6.08 Å². The minimum Gasteiger partial charge on any atom is -0.478 e. The molecule has 3 heteroatoms. The molecule has 1 fully saturated rings. The Morgan fingerprint density at radius 1 is 1.55 bits per heavy atom. The first-order chi connectivity index (χ1) is 9.60. The molecule has 2 rings (SSSR count). The van der Waals surface area contributed by atoms with Crippen LogP contribution in [0.5, 0.6) is 0 Å². The Morgan fingerprint density at radius 2 is 2.30 bits per heavy atom. The van der Waals surface area contributed by atoms with Crippen molar-refractivity contribution < 1.29 is 9.90 Å². The Hall–Kier alpha value is -2.21. The number of benzene rings is 1. The van der Waals surface area contributed by atoms with Crippen molar-refractivity contribution in [1.29, 1.82) is 0 Å². The number of rotatable bonds is 6. The van der Waals surface area contributed by atoms with E-state index in [1.807, 2.05) is 25.1 Å². The number of carboxylic acid groups (broad SMARTS) is 1. The van der Waals surface area contributed by atoms with Crippen LogP contribution in [0.25, 0.3) is 6.08 Å². The third-order valence-corrected chi connectivity index (χ3v) is 3.44. The Balaban J connectivity index is 2.18. The van der Waals surface area contributed by atoms with Gasteiger partial charge in [-0.15, -0.1) is 6.42 Å². The van der Waals surface area contributed by atoms with E-state index in [0.29, 0.717) is 6.54 Å². The number of carboxylic acids is 1. The predicted octanol–water partition coefficient (Wildman–Crippen LogP) is 2.94. The molecular formula is C17H19NO2. The van der Waals surface area contributed by atoms with Crippen molar-refractivity contribution in [2.24, 2.45) is 5.92 Å². The van der Waals surface area contributed by atoms with Gasteiger partial charge in [0.15, 0.2) is 0 Å². The summed E-state index contributed by atoms with van der Waals surface area (Å²) in [5.41, 5.74) is 3.15. The molecule has 0 spiro atoms. The van der Waals surface area contributed by atoms with Gasteiger partial charge in [0.2, 0.25) is 0 Å². The summed E-state index contributed by atoms with van der Waals surface area (Å²) >= 11 is 0. The number of anilines is 1. The molecule has 0 amide bonds. The second kappa shape index (κ2) is 6.29. The first-order valence-electron chi connectivity index (χ1n) is 6.80. The van der Waals surface area contributed by atoms with Gasteiger partial charge in [-0.2, -0.15) is 0 Å². The molecule has 1 aliphatic rings. The summed E-state index contributed by atoms with van der Waals surface area (Å²) in [6.07, 6.45) is 10.8. The van der Waals surface area contributed by atoms with Gasteiger partial charge < -0.3 is 10.0 Å². The Morgan fingerprint density at radius 3 is 2.85 bits per heavy atom. The SMILES string of the molecule is C#CCN(CC1CC1)c1ccc(/C=C/C(=O)O)cc1C. The summed E-state index contributed by atoms with van der Waals surface area (Å²) in [4.78, 5) is 12.8. The van der Waals surface area contributed by atoms with E-state index in [-0.39, 0.29) is 0 Å². The smallest absolute Gasteiger partial charge is 0.328 e. The Kier molecular flexibility index (Phi) is 4.47. The normalized spacial score (nSPS) is 14.2. The molecule has 0 aromatic heterocycles. The summed E-state index contributed by atoms with van der Waals surface area (Å²) in [6, 6.07) is 5.94. The first kappa shape index (κ1) is 14.2. The van der Waals surface area contributed by atoms with E-state index in [9.17, 15) is 4.79 Å². The molecule has 1 aliphatic carbocycles. The zero-order chi connectivity index (χ0) is 14.5. The highest BCUT2D eigenvalue weighted by Crippen LogP contribution is 2.32. The van der Waals surface area contributed by atoms with Crippen LogP contribution in [0.15, 0.2) is 24.3 Å². The maximum absolute atomic E-state index is 10.5. The van der Waals surface area contributed by atoms with E-state index in [0.717, 1.165) is 35.4 Å². The van der Waals surface area contributed by atoms with Crippen LogP contribution in [0.2, 0.25) is 0 Å². The van der Waals surface area contributed by atoms with Gasteiger partial charge in [0.05, 0.1) is 6.54 Å². The van der Waals surface area contributed by atoms with Gasteiger partial charge in [-0.25, -0.2) is 4.79 Å². The van der Waals surface area contributed by atoms with Crippen LogP contribution in [-0.2, 0) is 4.79 Å². The van der Waals surface area contributed by atoms with Crippen molar-refractivity contribution in [2.75, 3.05) is 18.0 Å². The van der Waals surface area contributed by atoms with Crippen molar-refractivity contribution in [2.45, 2.75) is 19.8 Å². The Labute approximate surface area is 119 Å². The molecule has 1 aromatic rings. The zero-order valence-electron chi connectivity index (χ0n) is 11.7. The molecule has 0 saturated heterocycles. The fourth-order valence-electron chi connectivity index (χ4n) is 2.28. The maximum Gasteiger partial charge on any atom is 0.328 e. The molecule has 0 radical (unpaired) electrons. The van der Waals surface area contributed by atoms with Gasteiger partial charge in [0, 0.05) is 18.3 Å². The minimum atomic E-state index is -0.936. The lowest BCUT2D eigenvalue weighted by Gasteiger charge is -2.24. The highest BCUT2D eigenvalue weighted by Gasteiger charge is 2.24. The monoisotopic (exact) mass is 269 g/mol. The summed E-state index contributed by atoms with van der Waals surface area (Å²) in [5, 5.41) is 8.65. The van der Waals surface area contributed by atoms with Crippen molar-refractivity contribution in [1.82, 2.24) is 0 Å². The molecule has 20 heavy (non-hydrogen) atoms. The molecule has 0 bridgehead atoms. The topological polar surface area (TPSA) is 40.5 Å². The van der Waals surface area contributed by atoms with Crippen LogP contribution < -0.4 is 4.90 Å². The molecule has 104 valence electrons. The van der Waals surface area contributed by atoms with E-state index in [1.165, 1.54) is 12.8 Å². The van der Waals surface area contributed by atoms with Crippen molar-refractivity contribution in [3.63, 3.8) is 0 Å². The fraction of sp³-hybridized carbons (Fsp3) is 0.353. The average molecular weight is 269 g/mol. The lowest BCUT2D eigenvalue weighted by atomic mass is 10.1. The van der Waals surface area contributed by atoms with E-state index in [2.05, 4.69) is 10.8 Å². The largest absolute Gasteiger partial charge is 0.478 e. The Bertz CT molecular complexity index is 565. The molecule has 3 nitrogen and oxygen atoms in total. The number of aliphatic carboxylic acids is 1. The number of carbonyl (C=O) groups is 1. The maximum atomic E-state index is 10.5. The quantitative estimate of drug-likeness (QED) is 0.637. The van der Waals surface area contributed by atoms with Crippen molar-refractivity contribution in [3.05, 3.63) is 35.4 Å². The first-order valence-corrected chi connectivity index (χ1v) is 6.80. The van der Waals surface area contributed by atoms with Gasteiger partial charge in [-0.3, -0.25) is 0 Å². The molecule has 1 N–H and O–H groups in total. The summed E-state index contributed by atoms with van der Waals surface area (Å²) in [6.45, 7) is 3.65. The van der Waals surface area contributed by atoms with Crippen LogP contribution in [0, 0.1) is 25.2 Å². The van der Waals surface area contributed by atoms with Crippen LogP contribution in [-0.4, -0.2) is 24.2 Å². The summed E-state index contributed by atoms with van der Waals surface area (Å²) in [5.74, 6) is 2.55. The standard InChI is InChI=1S/C17H19NO2/c1-3-10-18(12-15-4-5-15)16-8-6-14(11-13(16)2)7-9-17(19)20/h1,6-9,11,15H,4-5,10,12H2,2H3,(H,19,20)/b9-7+. The second-order valence-corrected chi connectivity index (χ2v) is 5.25. The van der Waals surface area contributed by atoms with E-state index >= 15 is 0 Å². The van der Waals surface area contributed by atoms with Gasteiger partial charge in [0.25, 0.3) is 0 Å². The molecule has 0 heterocycles. The predicted molar refractivity (Wildman–Crippen MR) is 81.6 cm³/mol. The molecule has 0 atom stereocenters. The van der Waals surface area contributed by atoms with Crippen LogP contribution in [0.4, 0.5) is 5.69 Å². The van der Waals surface area contributed by atoms with Crippen LogP contribution in [0.1, 0.15) is 24.0 Å². The second-order valence-electron chi connectivity index (χ2n) is 5.25.